The molecule has 0 aliphatic carbocycles. The number of hydrogen-bond acceptors (Lipinski definition) is 4. The monoisotopic (exact) mass is 287 g/mol. The van der Waals surface area contributed by atoms with E-state index in [1.54, 1.807) is 11.7 Å². The van der Waals surface area contributed by atoms with Crippen LogP contribution >= 0.6 is 27.3 Å². The number of aliphatic hydroxyl groups excluding tert-OH is 1. The summed E-state index contributed by atoms with van der Waals surface area (Å²) in [5, 5.41) is 19.8. The van der Waals surface area contributed by atoms with Crippen LogP contribution in [0.25, 0.3) is 0 Å². The molecule has 1 atom stereocenters. The van der Waals surface area contributed by atoms with Crippen molar-refractivity contribution < 1.29 is 5.11 Å². The Hall–Kier alpha value is -0.720. The summed E-state index contributed by atoms with van der Waals surface area (Å²) in [5.41, 5.74) is 1.76. The molecule has 4 nitrogen and oxygen atoms in total. The molecule has 2 heterocycles. The van der Waals surface area contributed by atoms with Gasteiger partial charge in [-0.1, -0.05) is 5.21 Å². The first-order valence-electron chi connectivity index (χ1n) is 4.38. The van der Waals surface area contributed by atoms with E-state index in [0.717, 1.165) is 10.4 Å². The minimum Gasteiger partial charge on any atom is -0.381 e. The SMILES string of the molecule is Cc1ccsc1C(O)c1c(Br)nnn1C. The number of aromatic nitrogens is 3. The predicted molar refractivity (Wildman–Crippen MR) is 61.8 cm³/mol. The Balaban J connectivity index is 2.45. The molecule has 0 aromatic carbocycles. The fourth-order valence-corrected chi connectivity index (χ4v) is 2.88. The van der Waals surface area contributed by atoms with Gasteiger partial charge < -0.3 is 5.11 Å². The molecule has 6 heteroatoms. The first kappa shape index (κ1) is 10.8. The molecule has 2 aromatic heterocycles. The van der Waals surface area contributed by atoms with E-state index < -0.39 is 6.10 Å². The Kier molecular flexibility index (Phi) is 2.90. The van der Waals surface area contributed by atoms with E-state index in [4.69, 9.17) is 0 Å². The van der Waals surface area contributed by atoms with Crippen LogP contribution in [-0.4, -0.2) is 20.1 Å². The second kappa shape index (κ2) is 4.03. The summed E-state index contributed by atoms with van der Waals surface area (Å²) in [5.74, 6) is 0. The van der Waals surface area contributed by atoms with Gasteiger partial charge in [-0.05, 0) is 39.9 Å². The van der Waals surface area contributed by atoms with Crippen molar-refractivity contribution in [3.8, 4) is 0 Å². The minimum absolute atomic E-state index is 0.588. The van der Waals surface area contributed by atoms with E-state index in [0.29, 0.717) is 10.3 Å². The van der Waals surface area contributed by atoms with Crippen molar-refractivity contribution in [1.29, 1.82) is 0 Å². The van der Waals surface area contributed by atoms with Crippen molar-refractivity contribution in [3.05, 3.63) is 32.2 Å². The number of rotatable bonds is 2. The molecule has 0 saturated heterocycles. The number of nitrogens with zero attached hydrogens (tertiary/aromatic N) is 3. The van der Waals surface area contributed by atoms with Crippen LogP contribution in [0.4, 0.5) is 0 Å². The molecular formula is C9H10BrN3OS. The van der Waals surface area contributed by atoms with Gasteiger partial charge in [0, 0.05) is 11.9 Å². The second-order valence-corrected chi connectivity index (χ2v) is 4.96. The highest BCUT2D eigenvalue weighted by Gasteiger charge is 2.21. The van der Waals surface area contributed by atoms with Gasteiger partial charge >= 0.3 is 0 Å². The lowest BCUT2D eigenvalue weighted by Crippen LogP contribution is -2.06. The summed E-state index contributed by atoms with van der Waals surface area (Å²) in [6.45, 7) is 1.98. The van der Waals surface area contributed by atoms with Crippen LogP contribution in [-0.2, 0) is 7.05 Å². The topological polar surface area (TPSA) is 50.9 Å². The molecule has 0 spiro atoms. The molecule has 0 bridgehead atoms. The first-order chi connectivity index (χ1) is 7.11. The zero-order chi connectivity index (χ0) is 11.0. The highest BCUT2D eigenvalue weighted by atomic mass is 79.9. The lowest BCUT2D eigenvalue weighted by atomic mass is 10.1. The van der Waals surface area contributed by atoms with Crippen LogP contribution in [0.1, 0.15) is 22.2 Å². The van der Waals surface area contributed by atoms with E-state index in [9.17, 15) is 5.11 Å². The van der Waals surface area contributed by atoms with Crippen molar-refractivity contribution in [2.45, 2.75) is 13.0 Å². The molecule has 0 radical (unpaired) electrons. The normalized spacial score (nSPS) is 13.1. The third kappa shape index (κ3) is 1.84. The van der Waals surface area contributed by atoms with Gasteiger partial charge in [-0.15, -0.1) is 16.4 Å². The van der Waals surface area contributed by atoms with Gasteiger partial charge in [0.05, 0.1) is 0 Å². The van der Waals surface area contributed by atoms with Crippen LogP contribution in [0.15, 0.2) is 16.0 Å². The number of halogens is 1. The summed E-state index contributed by atoms with van der Waals surface area (Å²) in [6, 6.07) is 1.99. The Morgan fingerprint density at radius 1 is 1.60 bits per heavy atom. The number of aryl methyl sites for hydroxylation is 2. The molecule has 0 aliphatic rings. The average Bonchev–Trinajstić information content (AvgIpc) is 2.73. The number of hydrogen-bond donors (Lipinski definition) is 1. The first-order valence-corrected chi connectivity index (χ1v) is 6.05. The molecule has 1 N–H and O–H groups in total. The van der Waals surface area contributed by atoms with Crippen LogP contribution in [0, 0.1) is 6.92 Å². The fourth-order valence-electron chi connectivity index (χ4n) is 1.42. The fraction of sp³-hybridized carbons (Fsp3) is 0.333. The zero-order valence-corrected chi connectivity index (χ0v) is 10.7. The Labute approximate surface area is 99.7 Å². The maximum atomic E-state index is 10.2. The van der Waals surface area contributed by atoms with E-state index in [1.807, 2.05) is 18.4 Å². The van der Waals surface area contributed by atoms with Gasteiger partial charge in [-0.2, -0.15) is 0 Å². The van der Waals surface area contributed by atoms with Crippen molar-refractivity contribution in [1.82, 2.24) is 15.0 Å². The van der Waals surface area contributed by atoms with Crippen molar-refractivity contribution in [2.75, 3.05) is 0 Å². The van der Waals surface area contributed by atoms with E-state index >= 15 is 0 Å². The molecule has 2 rings (SSSR count). The van der Waals surface area contributed by atoms with E-state index in [1.165, 1.54) is 11.3 Å². The van der Waals surface area contributed by atoms with Crippen molar-refractivity contribution >= 4 is 27.3 Å². The summed E-state index contributed by atoms with van der Waals surface area (Å²) in [7, 11) is 1.76. The molecule has 80 valence electrons. The van der Waals surface area contributed by atoms with Crippen molar-refractivity contribution in [2.24, 2.45) is 7.05 Å². The van der Waals surface area contributed by atoms with Crippen LogP contribution < -0.4 is 0 Å². The number of aliphatic hydroxyl groups is 1. The minimum atomic E-state index is -0.667. The predicted octanol–water partition coefficient (Wildman–Crippen LogP) is 2.03. The highest BCUT2D eigenvalue weighted by molar-refractivity contribution is 9.10. The Morgan fingerprint density at radius 2 is 2.33 bits per heavy atom. The average molecular weight is 288 g/mol. The standard InChI is InChI=1S/C9H10BrN3OS/c1-5-3-4-15-8(5)7(14)6-9(10)11-12-13(6)2/h3-4,7,14H,1-2H3. The van der Waals surface area contributed by atoms with Gasteiger partial charge in [-0.25, -0.2) is 4.68 Å². The Bertz CT molecular complexity index is 460. The Morgan fingerprint density at radius 3 is 2.80 bits per heavy atom. The summed E-state index contributed by atoms with van der Waals surface area (Å²) in [6.07, 6.45) is -0.667. The summed E-state index contributed by atoms with van der Waals surface area (Å²) < 4.78 is 2.17. The van der Waals surface area contributed by atoms with E-state index in [2.05, 4.69) is 26.2 Å². The highest BCUT2D eigenvalue weighted by Crippen LogP contribution is 2.31. The largest absolute Gasteiger partial charge is 0.381 e. The third-order valence-corrected chi connectivity index (χ3v) is 3.87. The third-order valence-electron chi connectivity index (χ3n) is 2.24. The maximum absolute atomic E-state index is 10.2. The molecule has 2 aromatic rings. The molecule has 1 unspecified atom stereocenters. The summed E-state index contributed by atoms with van der Waals surface area (Å²) >= 11 is 4.81. The smallest absolute Gasteiger partial charge is 0.154 e. The number of thiophene rings is 1. The van der Waals surface area contributed by atoms with Gasteiger partial charge in [0.25, 0.3) is 0 Å². The summed E-state index contributed by atoms with van der Waals surface area (Å²) in [4.78, 5) is 0.932. The quantitative estimate of drug-likeness (QED) is 0.920. The molecule has 0 saturated carbocycles. The molecule has 0 aliphatic heterocycles. The van der Waals surface area contributed by atoms with E-state index in [-0.39, 0.29) is 0 Å². The molecule has 0 fully saturated rings. The molecular weight excluding hydrogens is 278 g/mol. The second-order valence-electron chi connectivity index (χ2n) is 3.26. The van der Waals surface area contributed by atoms with Gasteiger partial charge in [0.15, 0.2) is 4.60 Å². The van der Waals surface area contributed by atoms with Crippen molar-refractivity contribution in [3.63, 3.8) is 0 Å². The zero-order valence-electron chi connectivity index (χ0n) is 8.31. The maximum Gasteiger partial charge on any atom is 0.154 e. The van der Waals surface area contributed by atoms with Gasteiger partial charge in [0.1, 0.15) is 11.8 Å². The lowest BCUT2D eigenvalue weighted by molar-refractivity contribution is 0.212. The van der Waals surface area contributed by atoms with Crippen LogP contribution in [0.5, 0.6) is 0 Å². The lowest BCUT2D eigenvalue weighted by Gasteiger charge is -2.10. The van der Waals surface area contributed by atoms with Gasteiger partial charge in [0.2, 0.25) is 0 Å². The van der Waals surface area contributed by atoms with Gasteiger partial charge in [-0.3, -0.25) is 0 Å². The molecule has 15 heavy (non-hydrogen) atoms. The van der Waals surface area contributed by atoms with Crippen LogP contribution in [0.2, 0.25) is 0 Å². The molecule has 0 amide bonds. The van der Waals surface area contributed by atoms with Crippen LogP contribution in [0.3, 0.4) is 0 Å².